The molecule has 1 rings (SSSR count). The molecule has 0 radical (unpaired) electrons. The van der Waals surface area contributed by atoms with Gasteiger partial charge in [0.15, 0.2) is 0 Å². The highest BCUT2D eigenvalue weighted by Gasteiger charge is 2.05. The first-order valence-corrected chi connectivity index (χ1v) is 11.3. The van der Waals surface area contributed by atoms with Crippen molar-refractivity contribution >= 4 is 28.4 Å². The van der Waals surface area contributed by atoms with Crippen molar-refractivity contribution in [3.05, 3.63) is 41.2 Å². The van der Waals surface area contributed by atoms with Gasteiger partial charge in [-0.2, -0.15) is 0 Å². The van der Waals surface area contributed by atoms with Crippen molar-refractivity contribution in [2.75, 3.05) is 33.9 Å². The van der Waals surface area contributed by atoms with E-state index in [2.05, 4.69) is 42.6 Å². The van der Waals surface area contributed by atoms with Gasteiger partial charge in [-0.3, -0.25) is 0 Å². The molecule has 194 valence electrons. The van der Waals surface area contributed by atoms with E-state index in [4.69, 9.17) is 49.9 Å². The van der Waals surface area contributed by atoms with Gasteiger partial charge in [-0.25, -0.2) is 4.99 Å². The second-order valence-corrected chi connectivity index (χ2v) is 8.02. The molecule has 1 aromatic rings. The predicted molar refractivity (Wildman–Crippen MR) is 150 cm³/mol. The Kier molecular flexibility index (Phi) is 31.1. The molecular formula is C26H43Cl2N3O3. The Morgan fingerprint density at radius 1 is 1.29 bits per heavy atom. The number of aliphatic imine (C=N–C) groups is 1. The van der Waals surface area contributed by atoms with E-state index in [0.717, 1.165) is 42.8 Å². The Labute approximate surface area is 217 Å². The molecular weight excluding hydrogens is 473 g/mol. The van der Waals surface area contributed by atoms with Crippen molar-refractivity contribution in [2.45, 2.75) is 53.1 Å². The Morgan fingerprint density at radius 2 is 1.82 bits per heavy atom. The van der Waals surface area contributed by atoms with E-state index < -0.39 is 0 Å². The number of rotatable bonds is 8. The predicted octanol–water partition coefficient (Wildman–Crippen LogP) is 5.26. The molecule has 0 fully saturated rings. The third-order valence-corrected chi connectivity index (χ3v) is 3.76. The first kappa shape index (κ1) is 39.0. The van der Waals surface area contributed by atoms with Gasteiger partial charge in [0, 0.05) is 24.8 Å². The highest BCUT2D eigenvalue weighted by atomic mass is 35.5. The summed E-state index contributed by atoms with van der Waals surface area (Å²) in [4.78, 5) is 3.54. The lowest BCUT2D eigenvalue weighted by Gasteiger charge is -2.14. The summed E-state index contributed by atoms with van der Waals surface area (Å²) in [6.45, 7) is 15.2. The lowest BCUT2D eigenvalue weighted by atomic mass is 10.1. The number of halogens is 2. The Morgan fingerprint density at radius 3 is 2.18 bits per heavy atom. The molecule has 4 N–H and O–H groups in total. The summed E-state index contributed by atoms with van der Waals surface area (Å²) in [5.41, 5.74) is 6.14. The molecule has 6 nitrogen and oxygen atoms in total. The van der Waals surface area contributed by atoms with Gasteiger partial charge in [-0.05, 0) is 59.2 Å². The average Bonchev–Trinajstić information content (AvgIpc) is 2.78. The van der Waals surface area contributed by atoms with Crippen LogP contribution in [0.1, 0.15) is 46.6 Å². The normalized spacial score (nSPS) is 9.68. The third kappa shape index (κ3) is 29.8. The fraction of sp³-hybridized carbons (Fsp3) is 0.500. The number of methoxy groups -OCH3 is 1. The smallest absolute Gasteiger partial charge is 0.123 e. The van der Waals surface area contributed by atoms with E-state index in [1.54, 1.807) is 14.0 Å². The molecule has 0 aliphatic heterocycles. The summed E-state index contributed by atoms with van der Waals surface area (Å²) in [5, 5.41) is 11.3. The average molecular weight is 517 g/mol. The van der Waals surface area contributed by atoms with Crippen LogP contribution >= 0.6 is 23.2 Å². The minimum absolute atomic E-state index is 0.0417. The fourth-order valence-electron chi connectivity index (χ4n) is 1.75. The maximum atomic E-state index is 7.00. The van der Waals surface area contributed by atoms with E-state index in [1.807, 2.05) is 39.0 Å². The van der Waals surface area contributed by atoms with Crippen LogP contribution in [0.5, 0.6) is 5.75 Å². The van der Waals surface area contributed by atoms with Crippen LogP contribution in [0.15, 0.2) is 35.6 Å². The van der Waals surface area contributed by atoms with Gasteiger partial charge in [0.2, 0.25) is 0 Å². The summed E-state index contributed by atoms with van der Waals surface area (Å²) >= 11 is 11.4. The molecule has 0 aromatic heterocycles. The van der Waals surface area contributed by atoms with E-state index in [-0.39, 0.29) is 11.4 Å². The number of nitrogens with two attached hydrogens (primary N) is 1. The number of hydrogen-bond donors (Lipinski definition) is 3. The van der Waals surface area contributed by atoms with Crippen LogP contribution in [0.25, 0.3) is 0 Å². The molecule has 0 aliphatic carbocycles. The molecule has 1 aromatic carbocycles. The van der Waals surface area contributed by atoms with Crippen molar-refractivity contribution in [3.63, 3.8) is 0 Å². The van der Waals surface area contributed by atoms with Crippen molar-refractivity contribution in [1.29, 1.82) is 0 Å². The molecule has 8 heteroatoms. The van der Waals surface area contributed by atoms with E-state index in [0.29, 0.717) is 18.3 Å². The van der Waals surface area contributed by atoms with Crippen LogP contribution in [-0.4, -0.2) is 49.8 Å². The molecule has 0 atom stereocenters. The third-order valence-electron chi connectivity index (χ3n) is 3.32. The quantitative estimate of drug-likeness (QED) is 0.249. The van der Waals surface area contributed by atoms with E-state index in [1.165, 1.54) is 0 Å². The zero-order valence-electron chi connectivity index (χ0n) is 21.8. The van der Waals surface area contributed by atoms with Gasteiger partial charge in [0.1, 0.15) is 16.7 Å². The molecule has 0 unspecified atom stereocenters. The number of aliphatic hydroxyl groups excluding tert-OH is 1. The number of benzene rings is 1. The summed E-state index contributed by atoms with van der Waals surface area (Å²) in [6, 6.07) is 5.76. The summed E-state index contributed by atoms with van der Waals surface area (Å²) in [6.07, 6.45) is 14.9. The number of nitrogens with one attached hydrogen (secondary N) is 1. The molecule has 0 saturated carbocycles. The fourth-order valence-corrected chi connectivity index (χ4v) is 2.16. The van der Waals surface area contributed by atoms with Crippen LogP contribution in [-0.2, 0) is 11.2 Å². The van der Waals surface area contributed by atoms with Crippen molar-refractivity contribution in [2.24, 2.45) is 10.7 Å². The van der Waals surface area contributed by atoms with Crippen LogP contribution in [0.4, 0.5) is 0 Å². The van der Waals surface area contributed by atoms with Gasteiger partial charge in [0.25, 0.3) is 0 Å². The molecule has 0 amide bonds. The highest BCUT2D eigenvalue weighted by molar-refractivity contribution is 6.64. The monoisotopic (exact) mass is 515 g/mol. The lowest BCUT2D eigenvalue weighted by Crippen LogP contribution is -2.17. The number of ether oxygens (including phenoxy) is 2. The van der Waals surface area contributed by atoms with Crippen LogP contribution in [0.2, 0.25) is 5.02 Å². The van der Waals surface area contributed by atoms with Crippen molar-refractivity contribution in [3.8, 4) is 30.9 Å². The maximum absolute atomic E-state index is 7.00. The summed E-state index contributed by atoms with van der Waals surface area (Å²) < 4.78 is 10.7. The van der Waals surface area contributed by atoms with E-state index in [9.17, 15) is 0 Å². The molecule has 34 heavy (non-hydrogen) atoms. The van der Waals surface area contributed by atoms with Crippen LogP contribution < -0.4 is 15.8 Å². The zero-order valence-corrected chi connectivity index (χ0v) is 23.3. The zero-order chi connectivity index (χ0) is 27.6. The lowest BCUT2D eigenvalue weighted by molar-refractivity contribution is 0.0397. The second-order valence-electron chi connectivity index (χ2n) is 7.07. The second kappa shape index (κ2) is 27.1. The van der Waals surface area contributed by atoms with Gasteiger partial charge in [-0.1, -0.05) is 48.7 Å². The number of nitrogens with zero attached hydrogens (tertiary/aromatic N) is 1. The first-order chi connectivity index (χ1) is 16.0. The van der Waals surface area contributed by atoms with Gasteiger partial charge in [0.05, 0.1) is 18.8 Å². The minimum atomic E-state index is 0.0417. The molecule has 0 bridgehead atoms. The van der Waals surface area contributed by atoms with E-state index >= 15 is 0 Å². The molecule has 0 spiro atoms. The topological polar surface area (TPSA) is 89.1 Å². The maximum Gasteiger partial charge on any atom is 0.123 e. The number of aliphatic hydroxyl groups is 1. The largest absolute Gasteiger partial charge is 0.493 e. The number of terminal acetylenes is 2. The molecule has 0 heterocycles. The van der Waals surface area contributed by atoms with Gasteiger partial charge >= 0.3 is 0 Å². The highest BCUT2D eigenvalue weighted by Crippen LogP contribution is 2.26. The van der Waals surface area contributed by atoms with Crippen LogP contribution in [0, 0.1) is 25.2 Å². The molecule has 0 saturated heterocycles. The summed E-state index contributed by atoms with van der Waals surface area (Å²) in [5.74, 6) is 3.66. The van der Waals surface area contributed by atoms with Gasteiger partial charge < -0.3 is 25.6 Å². The SMILES string of the molecule is C#C.C#CCNCCCOc1cccc(Cl)c1CC.C=C(N)/N=C(\C)Cl.CO.COC(C)(C)C. The number of hydrogen-bond acceptors (Lipinski definition) is 6. The Hall–Kier alpha value is -2.19. The molecule has 0 aliphatic rings. The minimum Gasteiger partial charge on any atom is -0.493 e. The summed E-state index contributed by atoms with van der Waals surface area (Å²) in [7, 11) is 2.71. The Balaban J connectivity index is -0.000000219. The van der Waals surface area contributed by atoms with Crippen molar-refractivity contribution < 1.29 is 14.6 Å². The van der Waals surface area contributed by atoms with Crippen molar-refractivity contribution in [1.82, 2.24) is 5.32 Å². The van der Waals surface area contributed by atoms with Crippen LogP contribution in [0.3, 0.4) is 0 Å². The first-order valence-electron chi connectivity index (χ1n) is 10.5. The Bertz CT molecular complexity index is 718. The standard InChI is InChI=1S/C14H18ClNO.C5H12O.C4H7ClN2.C2H2.CH4O/c1-3-9-16-10-6-11-17-14-8-5-7-13(15)12(14)4-2;1-5(2,3)6-4;1-3(5)7-4(2)6;2*1-2/h1,5,7-8,16H,4,6,9-11H2,2H3;1-4H3;2,6H2,1H3;1-2H;2H,1H3/b;;7-3+;;. The van der Waals surface area contributed by atoms with Gasteiger partial charge in [-0.15, -0.1) is 19.3 Å².